The van der Waals surface area contributed by atoms with Crippen molar-refractivity contribution in [2.24, 2.45) is 0 Å². The fourth-order valence-electron chi connectivity index (χ4n) is 9.11. The number of nitrogens with zero attached hydrogens (tertiary/aromatic N) is 3. The van der Waals surface area contributed by atoms with Gasteiger partial charge in [0.25, 0.3) is 33.4 Å². The van der Waals surface area contributed by atoms with Gasteiger partial charge in [0.05, 0.1) is 32.3 Å². The molecule has 3 aromatic heterocycles. The van der Waals surface area contributed by atoms with Crippen molar-refractivity contribution in [3.63, 3.8) is 0 Å². The summed E-state index contributed by atoms with van der Waals surface area (Å²) in [7, 11) is 0. The maximum Gasteiger partial charge on any atom is 0.261 e. The van der Waals surface area contributed by atoms with E-state index in [1.54, 1.807) is 36.4 Å². The first-order chi connectivity index (χ1) is 27.7. The quantitative estimate of drug-likeness (QED) is 0.0531. The monoisotopic (exact) mass is 771 g/mol. The molecule has 300 valence electrons. The van der Waals surface area contributed by atoms with Crippen LogP contribution in [0.4, 0.5) is 0 Å². The SMILES string of the molecule is CCCCCCCCn1c(=O)c2cc3c4cc5c(=O)n(CCCCCCCC)c(=O)c5cc4c4cc5c(=O)n(CCCCCCCC)c(=O)c5cc4c3cc2c1=O. The summed E-state index contributed by atoms with van der Waals surface area (Å²) in [5.41, 5.74) is -2.02. The summed E-state index contributed by atoms with van der Waals surface area (Å²) >= 11 is 0. The Hall–Kier alpha value is -4.92. The van der Waals surface area contributed by atoms with Gasteiger partial charge in [0.2, 0.25) is 0 Å². The van der Waals surface area contributed by atoms with E-state index in [1.165, 1.54) is 33.0 Å². The molecule has 0 unspecified atom stereocenters. The van der Waals surface area contributed by atoms with Crippen molar-refractivity contribution >= 4 is 64.6 Å². The number of rotatable bonds is 21. The van der Waals surface area contributed by atoms with Crippen molar-refractivity contribution in [3.8, 4) is 0 Å². The van der Waals surface area contributed by atoms with Crippen LogP contribution in [0.15, 0.2) is 65.2 Å². The predicted octanol–water partition coefficient (Wildman–Crippen LogP) is 9.57. The first-order valence-electron chi connectivity index (χ1n) is 21.9. The molecule has 9 heteroatoms. The fraction of sp³-hybridized carbons (Fsp3) is 0.500. The van der Waals surface area contributed by atoms with Crippen LogP contribution in [0.1, 0.15) is 136 Å². The number of aromatic nitrogens is 3. The molecular weight excluding hydrogens is 715 g/mol. The Morgan fingerprint density at radius 1 is 0.263 bits per heavy atom. The van der Waals surface area contributed by atoms with E-state index in [9.17, 15) is 28.8 Å². The molecule has 0 aliphatic rings. The third kappa shape index (κ3) is 7.62. The van der Waals surface area contributed by atoms with Crippen LogP contribution < -0.4 is 33.4 Å². The van der Waals surface area contributed by atoms with Crippen LogP contribution in [0.5, 0.6) is 0 Å². The van der Waals surface area contributed by atoms with E-state index >= 15 is 0 Å². The van der Waals surface area contributed by atoms with Gasteiger partial charge in [-0.3, -0.25) is 42.5 Å². The number of unbranched alkanes of at least 4 members (excludes halogenated alkanes) is 15. The Morgan fingerprint density at radius 2 is 0.439 bits per heavy atom. The molecule has 0 spiro atoms. The molecular formula is C48H57N3O6. The Kier molecular flexibility index (Phi) is 12.5. The molecule has 4 aromatic carbocycles. The summed E-state index contributed by atoms with van der Waals surface area (Å²) in [6.07, 6.45) is 18.5. The summed E-state index contributed by atoms with van der Waals surface area (Å²) in [6, 6.07) is 10.5. The van der Waals surface area contributed by atoms with Gasteiger partial charge in [-0.2, -0.15) is 0 Å². The van der Waals surface area contributed by atoms with Crippen LogP contribution in [0.25, 0.3) is 64.6 Å². The Morgan fingerprint density at radius 3 is 0.632 bits per heavy atom. The van der Waals surface area contributed by atoms with Gasteiger partial charge >= 0.3 is 0 Å². The maximum absolute atomic E-state index is 13.9. The molecule has 0 aliphatic heterocycles. The average Bonchev–Trinajstić information content (AvgIpc) is 3.70. The molecule has 0 N–H and O–H groups in total. The summed E-state index contributed by atoms with van der Waals surface area (Å²) in [6.45, 7) is 7.53. The second-order valence-electron chi connectivity index (χ2n) is 16.4. The third-order valence-electron chi connectivity index (χ3n) is 12.4. The number of fused-ring (bicyclic) bond motifs is 9. The molecule has 0 saturated heterocycles. The maximum atomic E-state index is 13.9. The number of hydrogen-bond acceptors (Lipinski definition) is 6. The van der Waals surface area contributed by atoms with Crippen molar-refractivity contribution in [2.45, 2.75) is 156 Å². The lowest BCUT2D eigenvalue weighted by Crippen LogP contribution is -2.25. The zero-order chi connectivity index (χ0) is 40.2. The minimum absolute atomic E-state index is 0.309. The van der Waals surface area contributed by atoms with Gasteiger partial charge in [0, 0.05) is 19.6 Å². The van der Waals surface area contributed by atoms with Gasteiger partial charge in [-0.05, 0) is 88.0 Å². The zero-order valence-corrected chi connectivity index (χ0v) is 34.1. The van der Waals surface area contributed by atoms with Crippen LogP contribution in [0.2, 0.25) is 0 Å². The van der Waals surface area contributed by atoms with Crippen molar-refractivity contribution in [1.29, 1.82) is 0 Å². The van der Waals surface area contributed by atoms with Crippen LogP contribution in [0.3, 0.4) is 0 Å². The molecule has 0 amide bonds. The first-order valence-corrected chi connectivity index (χ1v) is 21.9. The summed E-state index contributed by atoms with van der Waals surface area (Å²) in [5, 5.41) is 5.76. The van der Waals surface area contributed by atoms with Crippen LogP contribution >= 0.6 is 0 Å². The van der Waals surface area contributed by atoms with Gasteiger partial charge in [-0.25, -0.2) is 0 Å². The molecule has 57 heavy (non-hydrogen) atoms. The first kappa shape index (κ1) is 40.3. The molecule has 0 bridgehead atoms. The molecule has 7 aromatic rings. The van der Waals surface area contributed by atoms with Crippen LogP contribution in [-0.2, 0) is 19.6 Å². The van der Waals surface area contributed by atoms with E-state index < -0.39 is 0 Å². The largest absolute Gasteiger partial charge is 0.274 e. The topological polar surface area (TPSA) is 117 Å². The van der Waals surface area contributed by atoms with E-state index in [1.807, 2.05) is 0 Å². The lowest BCUT2D eigenvalue weighted by atomic mass is 9.91. The minimum Gasteiger partial charge on any atom is -0.274 e. The van der Waals surface area contributed by atoms with E-state index in [-0.39, 0.29) is 33.4 Å². The number of hydrogen-bond donors (Lipinski definition) is 0. The van der Waals surface area contributed by atoms with Crippen LogP contribution in [-0.4, -0.2) is 13.7 Å². The second-order valence-corrected chi connectivity index (χ2v) is 16.4. The van der Waals surface area contributed by atoms with Gasteiger partial charge in [-0.1, -0.05) is 117 Å². The lowest BCUT2D eigenvalue weighted by molar-refractivity contribution is 0.547. The molecule has 9 nitrogen and oxygen atoms in total. The molecule has 0 fully saturated rings. The highest BCUT2D eigenvalue weighted by atomic mass is 16.2. The van der Waals surface area contributed by atoms with Gasteiger partial charge < -0.3 is 0 Å². The smallest absolute Gasteiger partial charge is 0.261 e. The highest BCUT2D eigenvalue weighted by Crippen LogP contribution is 2.39. The Balaban J connectivity index is 1.41. The van der Waals surface area contributed by atoms with E-state index in [4.69, 9.17) is 0 Å². The molecule has 3 heterocycles. The second kappa shape index (κ2) is 17.7. The zero-order valence-electron chi connectivity index (χ0n) is 34.1. The van der Waals surface area contributed by atoms with E-state index in [0.29, 0.717) is 84.3 Å². The summed E-state index contributed by atoms with van der Waals surface area (Å²) in [4.78, 5) is 83.2. The highest BCUT2D eigenvalue weighted by Gasteiger charge is 2.22. The van der Waals surface area contributed by atoms with Crippen LogP contribution in [0, 0.1) is 0 Å². The Labute approximate surface area is 332 Å². The van der Waals surface area contributed by atoms with Gasteiger partial charge in [0.1, 0.15) is 0 Å². The molecule has 7 rings (SSSR count). The van der Waals surface area contributed by atoms with Crippen molar-refractivity contribution in [2.75, 3.05) is 0 Å². The van der Waals surface area contributed by atoms with Crippen molar-refractivity contribution in [1.82, 2.24) is 13.7 Å². The number of benzene rings is 4. The summed E-state index contributed by atoms with van der Waals surface area (Å²) < 4.78 is 4.02. The third-order valence-corrected chi connectivity index (χ3v) is 12.4. The van der Waals surface area contributed by atoms with E-state index in [2.05, 4.69) is 20.8 Å². The molecule has 0 radical (unpaired) electrons. The lowest BCUT2D eigenvalue weighted by Gasteiger charge is -2.11. The fourth-order valence-corrected chi connectivity index (χ4v) is 9.11. The highest BCUT2D eigenvalue weighted by molar-refractivity contribution is 6.30. The summed E-state index contributed by atoms with van der Waals surface area (Å²) in [5.74, 6) is 0. The average molecular weight is 772 g/mol. The van der Waals surface area contributed by atoms with Crippen molar-refractivity contribution < 1.29 is 0 Å². The predicted molar refractivity (Wildman–Crippen MR) is 237 cm³/mol. The standard InChI is InChI=1S/C48H57N3O6/c1-4-7-10-13-16-19-22-49-43(52)37-25-31-32(26-38(37)44(49)53)34-28-40-42(48(57)51(46(40)55)24-21-18-15-12-9-6-3)30-36(34)35-29-41-39(27-33(31)35)45(54)50(47(41)56)23-20-17-14-11-8-5-2/h25-30H,4-24H2,1-3H3. The van der Waals surface area contributed by atoms with Gasteiger partial charge in [-0.15, -0.1) is 0 Å². The van der Waals surface area contributed by atoms with Gasteiger partial charge in [0.15, 0.2) is 0 Å². The normalized spacial score (nSPS) is 12.3. The molecule has 0 saturated carbocycles. The Bertz CT molecular complexity index is 2390. The van der Waals surface area contributed by atoms with Crippen molar-refractivity contribution in [3.05, 3.63) is 98.5 Å². The molecule has 0 aliphatic carbocycles. The minimum atomic E-state index is -0.337. The van der Waals surface area contributed by atoms with E-state index in [0.717, 1.165) is 96.3 Å². The molecule has 0 atom stereocenters.